The zero-order chi connectivity index (χ0) is 11.1. The molecule has 2 aromatic rings. The van der Waals surface area contributed by atoms with Gasteiger partial charge in [0.05, 0.1) is 24.3 Å². The van der Waals surface area contributed by atoms with Crippen LogP contribution in [0.5, 0.6) is 0 Å². The predicted molar refractivity (Wildman–Crippen MR) is 61.3 cm³/mol. The van der Waals surface area contributed by atoms with Crippen LogP contribution in [0, 0.1) is 0 Å². The van der Waals surface area contributed by atoms with Crippen LogP contribution in [0.25, 0.3) is 11.3 Å². The molecule has 0 saturated heterocycles. The average molecular weight is 233 g/mol. The van der Waals surface area contributed by atoms with Crippen molar-refractivity contribution < 1.29 is 4.79 Å². The number of fused-ring (bicyclic) bond motifs is 3. The van der Waals surface area contributed by atoms with Crippen LogP contribution in [-0.2, 0) is 4.79 Å². The highest BCUT2D eigenvalue weighted by Crippen LogP contribution is 2.40. The molecule has 0 aliphatic carbocycles. The third-order valence-electron chi connectivity index (χ3n) is 2.95. The molecule has 1 aromatic carbocycles. The SMILES string of the molecule is O=C(Cl)CC1c2ccccc2-c2cncn21. The van der Waals surface area contributed by atoms with Crippen LogP contribution in [0.1, 0.15) is 18.0 Å². The Labute approximate surface area is 97.7 Å². The highest BCUT2D eigenvalue weighted by atomic mass is 35.5. The Kier molecular flexibility index (Phi) is 2.07. The number of hydrogen-bond acceptors (Lipinski definition) is 2. The van der Waals surface area contributed by atoms with Crippen molar-refractivity contribution in [3.05, 3.63) is 42.4 Å². The number of halogens is 1. The van der Waals surface area contributed by atoms with Crippen LogP contribution in [0.15, 0.2) is 36.8 Å². The number of hydrogen-bond donors (Lipinski definition) is 0. The van der Waals surface area contributed by atoms with Gasteiger partial charge in [-0.25, -0.2) is 4.98 Å². The molecular weight excluding hydrogens is 224 g/mol. The van der Waals surface area contributed by atoms with Gasteiger partial charge in [-0.2, -0.15) is 0 Å². The molecule has 1 atom stereocenters. The van der Waals surface area contributed by atoms with Crippen LogP contribution in [0.2, 0.25) is 0 Å². The minimum atomic E-state index is -0.318. The van der Waals surface area contributed by atoms with E-state index in [-0.39, 0.29) is 11.3 Å². The predicted octanol–water partition coefficient (Wildman–Crippen LogP) is 2.61. The monoisotopic (exact) mass is 232 g/mol. The van der Waals surface area contributed by atoms with Gasteiger partial charge in [0.25, 0.3) is 0 Å². The van der Waals surface area contributed by atoms with E-state index in [1.165, 1.54) is 0 Å². The van der Waals surface area contributed by atoms with E-state index < -0.39 is 0 Å². The summed E-state index contributed by atoms with van der Waals surface area (Å²) in [6.07, 6.45) is 3.87. The summed E-state index contributed by atoms with van der Waals surface area (Å²) < 4.78 is 2.00. The van der Waals surface area contributed by atoms with Crippen LogP contribution in [0.4, 0.5) is 0 Å². The zero-order valence-electron chi connectivity index (χ0n) is 8.43. The van der Waals surface area contributed by atoms with E-state index in [4.69, 9.17) is 11.6 Å². The lowest BCUT2D eigenvalue weighted by atomic mass is 10.0. The minimum absolute atomic E-state index is 0.00120. The van der Waals surface area contributed by atoms with Crippen LogP contribution in [-0.4, -0.2) is 14.8 Å². The van der Waals surface area contributed by atoms with E-state index in [1.807, 2.05) is 35.0 Å². The van der Waals surface area contributed by atoms with Crippen molar-refractivity contribution in [2.24, 2.45) is 0 Å². The molecule has 0 bridgehead atoms. The molecule has 1 aliphatic rings. The van der Waals surface area contributed by atoms with E-state index in [9.17, 15) is 4.79 Å². The fourth-order valence-electron chi connectivity index (χ4n) is 2.29. The van der Waals surface area contributed by atoms with Crippen LogP contribution >= 0.6 is 11.6 Å². The first-order valence-corrected chi connectivity index (χ1v) is 5.44. The van der Waals surface area contributed by atoms with Gasteiger partial charge in [-0.05, 0) is 17.2 Å². The number of imidazole rings is 1. The van der Waals surface area contributed by atoms with Crippen molar-refractivity contribution in [3.63, 3.8) is 0 Å². The van der Waals surface area contributed by atoms with Gasteiger partial charge in [-0.3, -0.25) is 4.79 Å². The number of carbonyl (C=O) groups excluding carboxylic acids is 1. The molecule has 0 saturated carbocycles. The maximum Gasteiger partial charge on any atom is 0.224 e. The van der Waals surface area contributed by atoms with Crippen molar-refractivity contribution in [2.45, 2.75) is 12.5 Å². The number of aromatic nitrogens is 2. The fourth-order valence-corrected chi connectivity index (χ4v) is 2.44. The zero-order valence-corrected chi connectivity index (χ0v) is 9.19. The standard InChI is InChI=1S/C12H9ClN2O/c13-12(16)5-10-8-3-1-2-4-9(8)11-6-14-7-15(10)11/h1-4,6-7,10H,5H2. The Hall–Kier alpha value is -1.61. The van der Waals surface area contributed by atoms with E-state index in [0.29, 0.717) is 6.42 Å². The van der Waals surface area contributed by atoms with Crippen molar-refractivity contribution in [3.8, 4) is 11.3 Å². The summed E-state index contributed by atoms with van der Waals surface area (Å²) in [5.41, 5.74) is 3.34. The van der Waals surface area contributed by atoms with Gasteiger partial charge in [0.1, 0.15) is 0 Å². The fraction of sp³-hybridized carbons (Fsp3) is 0.167. The molecule has 3 rings (SSSR count). The summed E-state index contributed by atoms with van der Waals surface area (Å²) in [5.74, 6) is 0. The number of carbonyl (C=O) groups is 1. The first kappa shape index (κ1) is 9.60. The van der Waals surface area contributed by atoms with Crippen LogP contribution < -0.4 is 0 Å². The van der Waals surface area contributed by atoms with Gasteiger partial charge in [0.2, 0.25) is 5.24 Å². The minimum Gasteiger partial charge on any atom is -0.322 e. The molecule has 0 fully saturated rings. The second-order valence-electron chi connectivity index (χ2n) is 3.85. The van der Waals surface area contributed by atoms with E-state index in [1.54, 1.807) is 6.33 Å². The highest BCUT2D eigenvalue weighted by Gasteiger charge is 2.28. The van der Waals surface area contributed by atoms with E-state index in [2.05, 4.69) is 4.98 Å². The maximum absolute atomic E-state index is 11.1. The Morgan fingerprint density at radius 3 is 3.06 bits per heavy atom. The van der Waals surface area contributed by atoms with Gasteiger partial charge in [0, 0.05) is 12.0 Å². The van der Waals surface area contributed by atoms with Crippen LogP contribution in [0.3, 0.4) is 0 Å². The summed E-state index contributed by atoms with van der Waals surface area (Å²) in [6.45, 7) is 0. The van der Waals surface area contributed by atoms with Gasteiger partial charge in [-0.1, -0.05) is 24.3 Å². The normalized spacial score (nSPS) is 16.9. The lowest BCUT2D eigenvalue weighted by molar-refractivity contribution is -0.112. The molecule has 3 nitrogen and oxygen atoms in total. The Morgan fingerprint density at radius 1 is 1.44 bits per heavy atom. The summed E-state index contributed by atoms with van der Waals surface area (Å²) in [5, 5.41) is -0.318. The lowest BCUT2D eigenvalue weighted by Gasteiger charge is -2.11. The average Bonchev–Trinajstić information content (AvgIpc) is 2.82. The second-order valence-corrected chi connectivity index (χ2v) is 4.27. The molecule has 0 radical (unpaired) electrons. The molecule has 0 amide bonds. The largest absolute Gasteiger partial charge is 0.322 e. The van der Waals surface area contributed by atoms with Crippen molar-refractivity contribution in [2.75, 3.05) is 0 Å². The maximum atomic E-state index is 11.1. The third-order valence-corrected chi connectivity index (χ3v) is 3.11. The highest BCUT2D eigenvalue weighted by molar-refractivity contribution is 6.63. The first-order valence-electron chi connectivity index (χ1n) is 5.07. The lowest BCUT2D eigenvalue weighted by Crippen LogP contribution is -2.07. The van der Waals surface area contributed by atoms with Crippen molar-refractivity contribution in [1.29, 1.82) is 0 Å². The van der Waals surface area contributed by atoms with Gasteiger partial charge in [-0.15, -0.1) is 0 Å². The quantitative estimate of drug-likeness (QED) is 0.746. The number of nitrogens with zero attached hydrogens (tertiary/aromatic N) is 2. The molecule has 80 valence electrons. The molecule has 2 heterocycles. The summed E-state index contributed by atoms with van der Waals surface area (Å²) in [6, 6.07) is 8.04. The summed E-state index contributed by atoms with van der Waals surface area (Å²) in [7, 11) is 0. The van der Waals surface area contributed by atoms with Gasteiger partial charge in [0.15, 0.2) is 0 Å². The van der Waals surface area contributed by atoms with Gasteiger partial charge >= 0.3 is 0 Å². The summed E-state index contributed by atoms with van der Waals surface area (Å²) >= 11 is 5.49. The topological polar surface area (TPSA) is 34.9 Å². The van der Waals surface area contributed by atoms with E-state index >= 15 is 0 Å². The smallest absolute Gasteiger partial charge is 0.224 e. The number of benzene rings is 1. The second kappa shape index (κ2) is 3.46. The molecule has 4 heteroatoms. The summed E-state index contributed by atoms with van der Waals surface area (Å²) in [4.78, 5) is 15.2. The first-order chi connectivity index (χ1) is 7.77. The Balaban J connectivity index is 2.17. The molecular formula is C12H9ClN2O. The van der Waals surface area contributed by atoms with Crippen molar-refractivity contribution >= 4 is 16.8 Å². The molecule has 16 heavy (non-hydrogen) atoms. The van der Waals surface area contributed by atoms with Gasteiger partial charge < -0.3 is 4.57 Å². The third kappa shape index (κ3) is 1.28. The Morgan fingerprint density at radius 2 is 2.25 bits per heavy atom. The molecule has 1 aromatic heterocycles. The molecule has 1 unspecified atom stereocenters. The molecule has 0 N–H and O–H groups in total. The Bertz CT molecular complexity index is 562. The molecule has 1 aliphatic heterocycles. The van der Waals surface area contributed by atoms with E-state index in [0.717, 1.165) is 16.8 Å². The number of rotatable bonds is 2. The van der Waals surface area contributed by atoms with Crippen molar-refractivity contribution in [1.82, 2.24) is 9.55 Å². The molecule has 0 spiro atoms.